The SMILES string of the molecule is CCOc1ccc([C@@H]2C(C(=O)c3cccs3)=C(O)C(=O)N2CCCN(C)C)cc1. The molecule has 1 N–H and O–H groups in total. The third kappa shape index (κ3) is 4.52. The molecule has 3 rings (SSSR count). The average molecular weight is 415 g/mol. The lowest BCUT2D eigenvalue weighted by Gasteiger charge is -2.27. The molecular weight excluding hydrogens is 388 g/mol. The van der Waals surface area contributed by atoms with E-state index in [-0.39, 0.29) is 11.4 Å². The van der Waals surface area contributed by atoms with Gasteiger partial charge in [-0.1, -0.05) is 18.2 Å². The molecule has 0 aliphatic carbocycles. The van der Waals surface area contributed by atoms with Crippen molar-refractivity contribution < 1.29 is 19.4 Å². The number of hydrogen-bond donors (Lipinski definition) is 1. The topological polar surface area (TPSA) is 70.1 Å². The zero-order chi connectivity index (χ0) is 21.0. The molecular formula is C22H26N2O4S. The molecule has 1 aromatic heterocycles. The fraction of sp³-hybridized carbons (Fsp3) is 0.364. The van der Waals surface area contributed by atoms with E-state index in [9.17, 15) is 14.7 Å². The van der Waals surface area contributed by atoms with Gasteiger partial charge >= 0.3 is 0 Å². The van der Waals surface area contributed by atoms with Gasteiger partial charge in [-0.25, -0.2) is 0 Å². The molecule has 1 aliphatic rings. The van der Waals surface area contributed by atoms with Gasteiger partial charge in [-0.15, -0.1) is 11.3 Å². The maximum absolute atomic E-state index is 13.1. The van der Waals surface area contributed by atoms with Crippen molar-refractivity contribution in [3.05, 3.63) is 63.6 Å². The van der Waals surface area contributed by atoms with Crippen LogP contribution in [0.3, 0.4) is 0 Å². The Balaban J connectivity index is 1.97. The summed E-state index contributed by atoms with van der Waals surface area (Å²) in [5.74, 6) is -0.534. The number of aliphatic hydroxyl groups is 1. The van der Waals surface area contributed by atoms with Crippen molar-refractivity contribution in [2.45, 2.75) is 19.4 Å². The summed E-state index contributed by atoms with van der Waals surface area (Å²) in [6.45, 7) is 3.71. The Morgan fingerprint density at radius 1 is 1.24 bits per heavy atom. The predicted molar refractivity (Wildman–Crippen MR) is 114 cm³/mol. The van der Waals surface area contributed by atoms with Gasteiger partial charge in [0.15, 0.2) is 5.76 Å². The van der Waals surface area contributed by atoms with E-state index >= 15 is 0 Å². The molecule has 0 bridgehead atoms. The summed E-state index contributed by atoms with van der Waals surface area (Å²) in [5, 5.41) is 12.4. The van der Waals surface area contributed by atoms with Gasteiger partial charge in [0.25, 0.3) is 5.91 Å². The van der Waals surface area contributed by atoms with Gasteiger partial charge in [0, 0.05) is 6.54 Å². The van der Waals surface area contributed by atoms with E-state index in [1.54, 1.807) is 17.0 Å². The highest BCUT2D eigenvalue weighted by Gasteiger charge is 2.43. The van der Waals surface area contributed by atoms with Gasteiger partial charge in [-0.3, -0.25) is 9.59 Å². The number of Topliss-reactive ketones (excluding diaryl/α,β-unsaturated/α-hetero) is 1. The Kier molecular flexibility index (Phi) is 6.71. The molecule has 1 atom stereocenters. The Labute approximate surface area is 175 Å². The summed E-state index contributed by atoms with van der Waals surface area (Å²) in [5.41, 5.74) is 0.919. The Morgan fingerprint density at radius 3 is 2.55 bits per heavy atom. The summed E-state index contributed by atoms with van der Waals surface area (Å²) in [6.07, 6.45) is 0.736. The highest BCUT2D eigenvalue weighted by Crippen LogP contribution is 2.40. The molecule has 0 unspecified atom stereocenters. The second kappa shape index (κ2) is 9.24. The molecule has 0 fully saturated rings. The number of amides is 1. The zero-order valence-corrected chi connectivity index (χ0v) is 17.7. The molecule has 1 aliphatic heterocycles. The summed E-state index contributed by atoms with van der Waals surface area (Å²) < 4.78 is 5.50. The van der Waals surface area contributed by atoms with Crippen LogP contribution in [0, 0.1) is 0 Å². The van der Waals surface area contributed by atoms with Crippen molar-refractivity contribution in [2.24, 2.45) is 0 Å². The first-order chi connectivity index (χ1) is 13.9. The number of carbonyl (C=O) groups is 2. The van der Waals surface area contributed by atoms with Crippen LogP contribution in [0.5, 0.6) is 5.75 Å². The highest BCUT2D eigenvalue weighted by molar-refractivity contribution is 7.12. The van der Waals surface area contributed by atoms with Crippen molar-refractivity contribution >= 4 is 23.0 Å². The summed E-state index contributed by atoms with van der Waals surface area (Å²) in [6, 6.07) is 10.2. The zero-order valence-electron chi connectivity index (χ0n) is 16.9. The fourth-order valence-corrected chi connectivity index (χ4v) is 4.15. The van der Waals surface area contributed by atoms with E-state index in [0.29, 0.717) is 18.0 Å². The second-order valence-electron chi connectivity index (χ2n) is 7.13. The number of ether oxygens (including phenoxy) is 1. The Morgan fingerprint density at radius 2 is 1.97 bits per heavy atom. The number of hydrogen-bond acceptors (Lipinski definition) is 6. The van der Waals surface area contributed by atoms with Crippen molar-refractivity contribution in [1.29, 1.82) is 0 Å². The molecule has 154 valence electrons. The summed E-state index contributed by atoms with van der Waals surface area (Å²) in [4.78, 5) is 30.1. The van der Waals surface area contributed by atoms with Gasteiger partial charge in [0.1, 0.15) is 5.75 Å². The van der Waals surface area contributed by atoms with Gasteiger partial charge in [0.2, 0.25) is 5.78 Å². The van der Waals surface area contributed by atoms with Crippen molar-refractivity contribution in [3.63, 3.8) is 0 Å². The van der Waals surface area contributed by atoms with Crippen LogP contribution >= 0.6 is 11.3 Å². The van der Waals surface area contributed by atoms with E-state index in [2.05, 4.69) is 0 Å². The Bertz CT molecular complexity index is 888. The largest absolute Gasteiger partial charge is 0.503 e. The predicted octanol–water partition coefficient (Wildman–Crippen LogP) is 3.68. The van der Waals surface area contributed by atoms with Crippen LogP contribution in [-0.2, 0) is 4.79 Å². The number of ketones is 1. The summed E-state index contributed by atoms with van der Waals surface area (Å²) >= 11 is 1.30. The molecule has 6 nitrogen and oxygen atoms in total. The van der Waals surface area contributed by atoms with E-state index in [1.807, 2.05) is 55.6 Å². The van der Waals surface area contributed by atoms with Gasteiger partial charge in [-0.05, 0) is 63.1 Å². The van der Waals surface area contributed by atoms with Crippen LogP contribution in [0.25, 0.3) is 0 Å². The normalized spacial score (nSPS) is 16.8. The molecule has 1 aromatic carbocycles. The lowest BCUT2D eigenvalue weighted by Crippen LogP contribution is -2.33. The van der Waals surface area contributed by atoms with Crippen molar-refractivity contribution in [3.8, 4) is 5.75 Å². The van der Waals surface area contributed by atoms with Crippen LogP contribution in [0.2, 0.25) is 0 Å². The van der Waals surface area contributed by atoms with Gasteiger partial charge < -0.3 is 19.6 Å². The van der Waals surface area contributed by atoms with E-state index in [4.69, 9.17) is 4.74 Å². The molecule has 7 heteroatoms. The first-order valence-corrected chi connectivity index (χ1v) is 10.5. The van der Waals surface area contributed by atoms with Crippen LogP contribution in [-0.4, -0.2) is 60.4 Å². The number of carbonyl (C=O) groups excluding carboxylic acids is 2. The van der Waals surface area contributed by atoms with Crippen LogP contribution < -0.4 is 4.74 Å². The van der Waals surface area contributed by atoms with E-state index in [1.165, 1.54) is 11.3 Å². The molecule has 1 amide bonds. The van der Waals surface area contributed by atoms with Crippen molar-refractivity contribution in [1.82, 2.24) is 9.80 Å². The van der Waals surface area contributed by atoms with E-state index < -0.39 is 17.7 Å². The average Bonchev–Trinajstić information content (AvgIpc) is 3.31. The number of nitrogens with zero attached hydrogens (tertiary/aromatic N) is 2. The Hall–Kier alpha value is -2.64. The van der Waals surface area contributed by atoms with E-state index in [0.717, 1.165) is 24.3 Å². The van der Waals surface area contributed by atoms with Crippen LogP contribution in [0.1, 0.15) is 34.6 Å². The smallest absolute Gasteiger partial charge is 0.290 e. The van der Waals surface area contributed by atoms with Crippen molar-refractivity contribution in [2.75, 3.05) is 33.8 Å². The molecule has 0 radical (unpaired) electrons. The quantitative estimate of drug-likeness (QED) is 0.634. The molecule has 2 heterocycles. The summed E-state index contributed by atoms with van der Waals surface area (Å²) in [7, 11) is 3.94. The molecule has 0 saturated carbocycles. The molecule has 0 saturated heterocycles. The minimum Gasteiger partial charge on any atom is -0.503 e. The minimum absolute atomic E-state index is 0.145. The first-order valence-electron chi connectivity index (χ1n) is 9.63. The van der Waals surface area contributed by atoms with Crippen LogP contribution in [0.15, 0.2) is 53.1 Å². The number of thiophene rings is 1. The second-order valence-corrected chi connectivity index (χ2v) is 8.08. The first kappa shape index (κ1) is 21.1. The third-order valence-corrected chi connectivity index (χ3v) is 5.67. The maximum atomic E-state index is 13.1. The number of benzene rings is 1. The number of aliphatic hydroxyl groups excluding tert-OH is 1. The molecule has 29 heavy (non-hydrogen) atoms. The standard InChI is InChI=1S/C22H26N2O4S/c1-4-28-16-10-8-15(9-11-16)19-18(20(25)17-7-5-14-29-17)21(26)22(27)24(19)13-6-12-23(2)3/h5,7-11,14,19,26H,4,6,12-13H2,1-3H3/t19-/m1/s1. The lowest BCUT2D eigenvalue weighted by atomic mass is 9.95. The van der Waals surface area contributed by atoms with Crippen LogP contribution in [0.4, 0.5) is 0 Å². The van der Waals surface area contributed by atoms with Gasteiger partial charge in [-0.2, -0.15) is 0 Å². The molecule has 0 spiro atoms. The highest BCUT2D eigenvalue weighted by atomic mass is 32.1. The fourth-order valence-electron chi connectivity index (χ4n) is 3.47. The third-order valence-electron chi connectivity index (χ3n) is 4.80. The minimum atomic E-state index is -0.616. The maximum Gasteiger partial charge on any atom is 0.290 e. The lowest BCUT2D eigenvalue weighted by molar-refractivity contribution is -0.129. The monoisotopic (exact) mass is 414 g/mol. The number of rotatable bonds is 9. The van der Waals surface area contributed by atoms with Gasteiger partial charge in [0.05, 0.1) is 23.1 Å². The molecule has 2 aromatic rings.